The van der Waals surface area contributed by atoms with E-state index < -0.39 is 5.54 Å². The quantitative estimate of drug-likeness (QED) is 0.869. The Kier molecular flexibility index (Phi) is 4.39. The molecule has 0 unspecified atom stereocenters. The standard InChI is InChI=1S/C18H25N3O2/c1-3-18(15-9-5-4-6-10-15)16(22)21(17(23)19-18)13-20-11-7-8-14(2)12-20/h4-6,9-10,14H,3,7-8,11-13H2,1-2H3,(H,19,23)/t14-,18-/m1/s1. The van der Waals surface area contributed by atoms with Gasteiger partial charge in [-0.15, -0.1) is 0 Å². The van der Waals surface area contributed by atoms with Gasteiger partial charge in [-0.25, -0.2) is 9.69 Å². The third-order valence-corrected chi connectivity index (χ3v) is 5.06. The molecule has 1 N–H and O–H groups in total. The fraction of sp³-hybridized carbons (Fsp3) is 0.556. The second-order valence-corrected chi connectivity index (χ2v) is 6.75. The average Bonchev–Trinajstić information content (AvgIpc) is 2.81. The normalized spacial score (nSPS) is 29.0. The van der Waals surface area contributed by atoms with Gasteiger partial charge in [-0.3, -0.25) is 9.69 Å². The number of hydrogen-bond acceptors (Lipinski definition) is 3. The number of piperidine rings is 1. The Morgan fingerprint density at radius 1 is 1.26 bits per heavy atom. The first-order chi connectivity index (χ1) is 11.1. The van der Waals surface area contributed by atoms with Gasteiger partial charge in [-0.05, 0) is 37.3 Å². The molecule has 124 valence electrons. The summed E-state index contributed by atoms with van der Waals surface area (Å²) in [7, 11) is 0. The first-order valence-electron chi connectivity index (χ1n) is 8.49. The van der Waals surface area contributed by atoms with E-state index in [1.54, 1.807) is 0 Å². The highest BCUT2D eigenvalue weighted by molar-refractivity contribution is 6.07. The Bertz CT molecular complexity index is 589. The number of rotatable bonds is 4. The summed E-state index contributed by atoms with van der Waals surface area (Å²) < 4.78 is 0. The molecule has 0 spiro atoms. The molecule has 2 aliphatic heterocycles. The molecule has 2 atom stereocenters. The van der Waals surface area contributed by atoms with Crippen LogP contribution in [-0.4, -0.2) is 41.5 Å². The zero-order chi connectivity index (χ0) is 16.4. The van der Waals surface area contributed by atoms with Crippen molar-refractivity contribution in [2.75, 3.05) is 19.8 Å². The van der Waals surface area contributed by atoms with Gasteiger partial charge in [0.2, 0.25) is 0 Å². The summed E-state index contributed by atoms with van der Waals surface area (Å²) in [6.45, 7) is 6.45. The van der Waals surface area contributed by atoms with E-state index in [1.165, 1.54) is 11.3 Å². The van der Waals surface area contributed by atoms with Crippen molar-refractivity contribution in [3.05, 3.63) is 35.9 Å². The first kappa shape index (κ1) is 16.0. The first-order valence-corrected chi connectivity index (χ1v) is 8.49. The van der Waals surface area contributed by atoms with Crippen molar-refractivity contribution in [2.45, 2.75) is 38.6 Å². The van der Waals surface area contributed by atoms with Crippen LogP contribution in [0.25, 0.3) is 0 Å². The molecule has 0 aliphatic carbocycles. The summed E-state index contributed by atoms with van der Waals surface area (Å²) in [6, 6.07) is 9.27. The lowest BCUT2D eigenvalue weighted by Crippen LogP contribution is -2.47. The molecule has 0 aromatic heterocycles. The number of benzene rings is 1. The molecule has 0 radical (unpaired) electrons. The zero-order valence-electron chi connectivity index (χ0n) is 13.9. The summed E-state index contributed by atoms with van der Waals surface area (Å²) in [6.07, 6.45) is 2.90. The van der Waals surface area contributed by atoms with E-state index in [0.717, 1.165) is 25.1 Å². The van der Waals surface area contributed by atoms with Gasteiger partial charge < -0.3 is 5.32 Å². The number of carbonyl (C=O) groups excluding carboxylic acids is 2. The van der Waals surface area contributed by atoms with Crippen LogP contribution in [0.4, 0.5) is 4.79 Å². The maximum Gasteiger partial charge on any atom is 0.326 e. The average molecular weight is 315 g/mol. The number of nitrogens with zero attached hydrogens (tertiary/aromatic N) is 2. The van der Waals surface area contributed by atoms with Gasteiger partial charge in [0.15, 0.2) is 0 Å². The van der Waals surface area contributed by atoms with Gasteiger partial charge in [0.25, 0.3) is 5.91 Å². The van der Waals surface area contributed by atoms with Gasteiger partial charge >= 0.3 is 6.03 Å². The fourth-order valence-electron chi connectivity index (χ4n) is 3.73. The largest absolute Gasteiger partial charge is 0.326 e. The Morgan fingerprint density at radius 3 is 2.65 bits per heavy atom. The Hall–Kier alpha value is -1.88. The van der Waals surface area contributed by atoms with Gasteiger partial charge in [0.05, 0.1) is 6.67 Å². The van der Waals surface area contributed by atoms with Crippen LogP contribution in [0.1, 0.15) is 38.7 Å². The van der Waals surface area contributed by atoms with Crippen molar-refractivity contribution in [1.29, 1.82) is 0 Å². The molecule has 3 rings (SSSR count). The predicted molar refractivity (Wildman–Crippen MR) is 88.6 cm³/mol. The molecule has 5 heteroatoms. The molecular weight excluding hydrogens is 290 g/mol. The number of likely N-dealkylation sites (tertiary alicyclic amines) is 1. The van der Waals surface area contributed by atoms with E-state index in [4.69, 9.17) is 0 Å². The van der Waals surface area contributed by atoms with E-state index in [-0.39, 0.29) is 11.9 Å². The van der Waals surface area contributed by atoms with E-state index >= 15 is 0 Å². The SMILES string of the molecule is CC[C@]1(c2ccccc2)NC(=O)N(CN2CCC[C@@H](C)C2)C1=O. The van der Waals surface area contributed by atoms with Crippen LogP contribution < -0.4 is 5.32 Å². The molecule has 0 saturated carbocycles. The Labute approximate surface area is 137 Å². The zero-order valence-corrected chi connectivity index (χ0v) is 13.9. The Morgan fingerprint density at radius 2 is 2.00 bits per heavy atom. The van der Waals surface area contributed by atoms with E-state index in [0.29, 0.717) is 19.0 Å². The highest BCUT2D eigenvalue weighted by Crippen LogP contribution is 2.32. The van der Waals surface area contributed by atoms with Crippen molar-refractivity contribution < 1.29 is 9.59 Å². The molecule has 5 nitrogen and oxygen atoms in total. The molecule has 2 aliphatic rings. The number of hydrogen-bond donors (Lipinski definition) is 1. The molecule has 1 aromatic rings. The number of nitrogens with one attached hydrogen (secondary N) is 1. The lowest BCUT2D eigenvalue weighted by Gasteiger charge is -2.33. The summed E-state index contributed by atoms with van der Waals surface area (Å²) >= 11 is 0. The maximum atomic E-state index is 13.0. The molecule has 2 heterocycles. The minimum Gasteiger partial charge on any atom is -0.319 e. The van der Waals surface area contributed by atoms with Crippen molar-refractivity contribution in [2.24, 2.45) is 5.92 Å². The van der Waals surface area contributed by atoms with Crippen LogP contribution in [-0.2, 0) is 10.3 Å². The smallest absolute Gasteiger partial charge is 0.319 e. The highest BCUT2D eigenvalue weighted by Gasteiger charge is 2.51. The van der Waals surface area contributed by atoms with Crippen LogP contribution in [0.2, 0.25) is 0 Å². The topological polar surface area (TPSA) is 52.7 Å². The second kappa shape index (κ2) is 6.32. The number of urea groups is 1. The third-order valence-electron chi connectivity index (χ3n) is 5.06. The predicted octanol–water partition coefficient (Wildman–Crippen LogP) is 2.53. The molecule has 2 fully saturated rings. The number of carbonyl (C=O) groups is 2. The molecule has 0 bridgehead atoms. The highest BCUT2D eigenvalue weighted by atomic mass is 16.2. The monoisotopic (exact) mass is 315 g/mol. The minimum atomic E-state index is -0.917. The van der Waals surface area contributed by atoms with Crippen LogP contribution in [0.3, 0.4) is 0 Å². The van der Waals surface area contributed by atoms with Gasteiger partial charge in [0, 0.05) is 6.54 Å². The maximum absolute atomic E-state index is 13.0. The van der Waals surface area contributed by atoms with Crippen LogP contribution in [0.15, 0.2) is 30.3 Å². The summed E-state index contributed by atoms with van der Waals surface area (Å²) in [5.41, 5.74) is -0.0601. The van der Waals surface area contributed by atoms with E-state index in [1.807, 2.05) is 37.3 Å². The van der Waals surface area contributed by atoms with E-state index in [2.05, 4.69) is 17.1 Å². The van der Waals surface area contributed by atoms with Crippen molar-refractivity contribution in [1.82, 2.24) is 15.1 Å². The molecule has 1 aromatic carbocycles. The third kappa shape index (κ3) is 2.85. The van der Waals surface area contributed by atoms with Crippen molar-refractivity contribution >= 4 is 11.9 Å². The van der Waals surface area contributed by atoms with E-state index in [9.17, 15) is 9.59 Å². The van der Waals surface area contributed by atoms with Gasteiger partial charge in [-0.1, -0.05) is 44.2 Å². The summed E-state index contributed by atoms with van der Waals surface area (Å²) in [4.78, 5) is 29.1. The molecule has 3 amide bonds. The molecule has 23 heavy (non-hydrogen) atoms. The van der Waals surface area contributed by atoms with Crippen LogP contribution >= 0.6 is 0 Å². The summed E-state index contributed by atoms with van der Waals surface area (Å²) in [5, 5.41) is 2.94. The Balaban J connectivity index is 1.81. The minimum absolute atomic E-state index is 0.130. The lowest BCUT2D eigenvalue weighted by atomic mass is 9.87. The van der Waals surface area contributed by atoms with Gasteiger partial charge in [0.1, 0.15) is 5.54 Å². The number of amides is 3. The van der Waals surface area contributed by atoms with Gasteiger partial charge in [-0.2, -0.15) is 0 Å². The second-order valence-electron chi connectivity index (χ2n) is 6.75. The number of imide groups is 1. The van der Waals surface area contributed by atoms with Crippen molar-refractivity contribution in [3.8, 4) is 0 Å². The lowest BCUT2D eigenvalue weighted by molar-refractivity contribution is -0.133. The van der Waals surface area contributed by atoms with Crippen LogP contribution in [0, 0.1) is 5.92 Å². The van der Waals surface area contributed by atoms with Crippen molar-refractivity contribution in [3.63, 3.8) is 0 Å². The van der Waals surface area contributed by atoms with Crippen LogP contribution in [0.5, 0.6) is 0 Å². The molecule has 2 saturated heterocycles. The fourth-order valence-corrected chi connectivity index (χ4v) is 3.73. The summed E-state index contributed by atoms with van der Waals surface area (Å²) in [5.74, 6) is 0.490. The molecular formula is C18H25N3O2.